The van der Waals surface area contributed by atoms with E-state index in [1.54, 1.807) is 7.11 Å². The summed E-state index contributed by atoms with van der Waals surface area (Å²) < 4.78 is 5.33. The summed E-state index contributed by atoms with van der Waals surface area (Å²) in [5.41, 5.74) is 3.96. The number of hydrogen-bond donors (Lipinski definition) is 0. The number of benzene rings is 3. The van der Waals surface area contributed by atoms with Gasteiger partial charge in [-0.05, 0) is 29.3 Å². The molecule has 4 nitrogen and oxygen atoms in total. The van der Waals surface area contributed by atoms with E-state index >= 15 is 0 Å². The van der Waals surface area contributed by atoms with Crippen LogP contribution in [-0.4, -0.2) is 44.1 Å². The second kappa shape index (κ2) is 8.17. The number of nitrogens with zero attached hydrogens (tertiary/aromatic N) is 2. The van der Waals surface area contributed by atoms with E-state index in [1.807, 2.05) is 77.7 Å². The minimum absolute atomic E-state index is 0.102. The third kappa shape index (κ3) is 3.72. The molecule has 0 unspecified atom stereocenters. The van der Waals surface area contributed by atoms with E-state index in [0.29, 0.717) is 13.1 Å². The van der Waals surface area contributed by atoms with Crippen LogP contribution in [0, 0.1) is 0 Å². The summed E-state index contributed by atoms with van der Waals surface area (Å²) in [5.74, 6) is 0.956. The van der Waals surface area contributed by atoms with Crippen LogP contribution in [0.25, 0.3) is 11.1 Å². The molecule has 0 spiro atoms. The predicted octanol–water partition coefficient (Wildman–Crippen LogP) is 4.32. The van der Waals surface area contributed by atoms with Crippen LogP contribution in [0.15, 0.2) is 78.9 Å². The number of piperazine rings is 1. The Balaban J connectivity index is 1.49. The van der Waals surface area contributed by atoms with E-state index in [-0.39, 0.29) is 5.91 Å². The molecule has 1 saturated heterocycles. The Kier molecular flexibility index (Phi) is 5.29. The zero-order valence-corrected chi connectivity index (χ0v) is 16.0. The Bertz CT molecular complexity index is 948. The summed E-state index contributed by atoms with van der Waals surface area (Å²) in [7, 11) is 1.68. The van der Waals surface area contributed by atoms with Crippen molar-refractivity contribution in [3.8, 4) is 16.9 Å². The van der Waals surface area contributed by atoms with Crippen molar-refractivity contribution in [1.29, 1.82) is 0 Å². The fraction of sp³-hybridized carbons (Fsp3) is 0.208. The lowest BCUT2D eigenvalue weighted by molar-refractivity contribution is 0.0747. The topological polar surface area (TPSA) is 32.8 Å². The van der Waals surface area contributed by atoms with Crippen LogP contribution in [0.2, 0.25) is 0 Å². The largest absolute Gasteiger partial charge is 0.497 e. The maximum Gasteiger partial charge on any atom is 0.254 e. The van der Waals surface area contributed by atoms with Crippen molar-refractivity contribution in [2.45, 2.75) is 0 Å². The number of amides is 1. The molecule has 142 valence electrons. The second-order valence-electron chi connectivity index (χ2n) is 6.89. The quantitative estimate of drug-likeness (QED) is 0.684. The van der Waals surface area contributed by atoms with Gasteiger partial charge in [-0.25, -0.2) is 0 Å². The maximum atomic E-state index is 13.2. The number of anilines is 1. The minimum atomic E-state index is 0.102. The molecule has 1 aliphatic rings. The van der Waals surface area contributed by atoms with Gasteiger partial charge < -0.3 is 14.5 Å². The van der Waals surface area contributed by atoms with Crippen LogP contribution in [0.5, 0.6) is 5.75 Å². The van der Waals surface area contributed by atoms with Gasteiger partial charge in [0.1, 0.15) is 5.75 Å². The molecule has 4 heteroatoms. The molecule has 0 N–H and O–H groups in total. The number of methoxy groups -OCH3 is 1. The molecule has 0 aliphatic carbocycles. The number of carbonyl (C=O) groups excluding carboxylic acids is 1. The maximum absolute atomic E-state index is 13.2. The van der Waals surface area contributed by atoms with Crippen LogP contribution < -0.4 is 9.64 Å². The average molecular weight is 372 g/mol. The van der Waals surface area contributed by atoms with Crippen molar-refractivity contribution in [2.24, 2.45) is 0 Å². The number of carbonyl (C=O) groups is 1. The Labute approximate surface area is 166 Å². The van der Waals surface area contributed by atoms with Crippen LogP contribution in [0.1, 0.15) is 10.4 Å². The van der Waals surface area contributed by atoms with Gasteiger partial charge in [-0.3, -0.25) is 4.79 Å². The molecule has 0 saturated carbocycles. The molecular weight excluding hydrogens is 348 g/mol. The highest BCUT2D eigenvalue weighted by Crippen LogP contribution is 2.26. The van der Waals surface area contributed by atoms with Crippen molar-refractivity contribution in [3.63, 3.8) is 0 Å². The summed E-state index contributed by atoms with van der Waals surface area (Å²) in [6.45, 7) is 3.04. The number of hydrogen-bond acceptors (Lipinski definition) is 3. The van der Waals surface area contributed by atoms with Crippen LogP contribution in [0.4, 0.5) is 5.69 Å². The van der Waals surface area contributed by atoms with E-state index in [1.165, 1.54) is 0 Å². The SMILES string of the molecule is COc1cccc(N2CCN(C(=O)c3ccccc3-c3ccccc3)CC2)c1. The lowest BCUT2D eigenvalue weighted by Gasteiger charge is -2.36. The first-order chi connectivity index (χ1) is 13.8. The highest BCUT2D eigenvalue weighted by atomic mass is 16.5. The highest BCUT2D eigenvalue weighted by molar-refractivity contribution is 6.01. The van der Waals surface area contributed by atoms with Gasteiger partial charge in [-0.15, -0.1) is 0 Å². The van der Waals surface area contributed by atoms with Crippen LogP contribution in [0.3, 0.4) is 0 Å². The number of ether oxygens (including phenoxy) is 1. The van der Waals surface area contributed by atoms with Gasteiger partial charge >= 0.3 is 0 Å². The third-order valence-corrected chi connectivity index (χ3v) is 5.23. The van der Waals surface area contributed by atoms with Crippen molar-refractivity contribution in [2.75, 3.05) is 38.2 Å². The Morgan fingerprint density at radius 1 is 0.821 bits per heavy atom. The summed E-state index contributed by atoms with van der Waals surface area (Å²) in [6, 6.07) is 26.1. The molecule has 28 heavy (non-hydrogen) atoms. The first-order valence-corrected chi connectivity index (χ1v) is 9.59. The molecule has 0 aromatic heterocycles. The first-order valence-electron chi connectivity index (χ1n) is 9.59. The van der Waals surface area contributed by atoms with Gasteiger partial charge in [0, 0.05) is 43.5 Å². The third-order valence-electron chi connectivity index (χ3n) is 5.23. The van der Waals surface area contributed by atoms with Crippen molar-refractivity contribution >= 4 is 11.6 Å². The van der Waals surface area contributed by atoms with Crippen molar-refractivity contribution in [1.82, 2.24) is 4.90 Å². The predicted molar refractivity (Wildman–Crippen MR) is 113 cm³/mol. The van der Waals surface area contributed by atoms with E-state index < -0.39 is 0 Å². The van der Waals surface area contributed by atoms with Gasteiger partial charge in [-0.2, -0.15) is 0 Å². The molecule has 0 bridgehead atoms. The Morgan fingerprint density at radius 2 is 1.54 bits per heavy atom. The molecule has 0 atom stereocenters. The summed E-state index contributed by atoms with van der Waals surface area (Å²) >= 11 is 0. The van der Waals surface area contributed by atoms with Gasteiger partial charge in [0.2, 0.25) is 0 Å². The zero-order valence-electron chi connectivity index (χ0n) is 16.0. The van der Waals surface area contributed by atoms with E-state index in [2.05, 4.69) is 11.0 Å². The standard InChI is InChI=1S/C24H24N2O2/c1-28-21-11-7-10-20(18-21)25-14-16-26(17-15-25)24(27)23-13-6-5-12-22(23)19-8-3-2-4-9-19/h2-13,18H,14-17H2,1H3. The fourth-order valence-corrected chi connectivity index (χ4v) is 3.68. The Morgan fingerprint density at radius 3 is 2.29 bits per heavy atom. The highest BCUT2D eigenvalue weighted by Gasteiger charge is 2.24. The van der Waals surface area contributed by atoms with Crippen molar-refractivity contribution < 1.29 is 9.53 Å². The summed E-state index contributed by atoms with van der Waals surface area (Å²) in [4.78, 5) is 17.5. The van der Waals surface area contributed by atoms with Gasteiger partial charge in [0.05, 0.1) is 7.11 Å². The lowest BCUT2D eigenvalue weighted by atomic mass is 9.98. The lowest BCUT2D eigenvalue weighted by Crippen LogP contribution is -2.48. The molecule has 4 rings (SSSR count). The first kappa shape index (κ1) is 18.1. The molecule has 3 aromatic rings. The molecule has 1 heterocycles. The van der Waals surface area contributed by atoms with Gasteiger partial charge in [-0.1, -0.05) is 54.6 Å². The van der Waals surface area contributed by atoms with Gasteiger partial charge in [0.15, 0.2) is 0 Å². The van der Waals surface area contributed by atoms with E-state index in [0.717, 1.165) is 41.2 Å². The summed E-state index contributed by atoms with van der Waals surface area (Å²) in [6.07, 6.45) is 0. The smallest absolute Gasteiger partial charge is 0.254 e. The van der Waals surface area contributed by atoms with Crippen LogP contribution >= 0.6 is 0 Å². The summed E-state index contributed by atoms with van der Waals surface area (Å²) in [5, 5.41) is 0. The van der Waals surface area contributed by atoms with Gasteiger partial charge in [0.25, 0.3) is 5.91 Å². The normalized spacial score (nSPS) is 14.0. The molecule has 1 aliphatic heterocycles. The minimum Gasteiger partial charge on any atom is -0.497 e. The average Bonchev–Trinajstić information content (AvgIpc) is 2.79. The molecule has 1 amide bonds. The van der Waals surface area contributed by atoms with E-state index in [9.17, 15) is 4.79 Å². The van der Waals surface area contributed by atoms with E-state index in [4.69, 9.17) is 4.74 Å². The van der Waals surface area contributed by atoms with Crippen molar-refractivity contribution in [3.05, 3.63) is 84.4 Å². The molecular formula is C24H24N2O2. The Hall–Kier alpha value is -3.27. The number of rotatable bonds is 4. The van der Waals surface area contributed by atoms with Crippen LogP contribution in [-0.2, 0) is 0 Å². The second-order valence-corrected chi connectivity index (χ2v) is 6.89. The molecule has 3 aromatic carbocycles. The monoisotopic (exact) mass is 372 g/mol. The fourth-order valence-electron chi connectivity index (χ4n) is 3.68. The molecule has 1 fully saturated rings. The zero-order chi connectivity index (χ0) is 19.3. The molecule has 0 radical (unpaired) electrons.